The van der Waals surface area contributed by atoms with Gasteiger partial charge in [-0.1, -0.05) is 31.2 Å². The number of pyridine rings is 1. The zero-order chi connectivity index (χ0) is 17.8. The van der Waals surface area contributed by atoms with Gasteiger partial charge < -0.3 is 5.73 Å². The van der Waals surface area contributed by atoms with Crippen LogP contribution in [0.1, 0.15) is 29.4 Å². The molecular weight excluding hydrogens is 314 g/mol. The summed E-state index contributed by atoms with van der Waals surface area (Å²) in [6.45, 7) is 4.70. The summed E-state index contributed by atoms with van der Waals surface area (Å²) in [5.41, 5.74) is 9.66. The van der Waals surface area contributed by atoms with Crippen molar-refractivity contribution in [1.82, 2.24) is 19.7 Å². The lowest BCUT2D eigenvalue weighted by Crippen LogP contribution is -2.15. The SMILES string of the molecule is CCc1ccc(Cn2nc(CC(N)=O)nc2-c2cnccc2C)cc1. The van der Waals surface area contributed by atoms with E-state index in [2.05, 4.69) is 46.3 Å². The summed E-state index contributed by atoms with van der Waals surface area (Å²) in [6.07, 6.45) is 4.54. The molecule has 0 fully saturated rings. The van der Waals surface area contributed by atoms with Gasteiger partial charge in [-0.3, -0.25) is 9.78 Å². The van der Waals surface area contributed by atoms with E-state index in [4.69, 9.17) is 5.73 Å². The molecule has 0 saturated carbocycles. The molecule has 0 aliphatic carbocycles. The fourth-order valence-corrected chi connectivity index (χ4v) is 2.68. The van der Waals surface area contributed by atoms with Crippen LogP contribution in [0.15, 0.2) is 42.7 Å². The highest BCUT2D eigenvalue weighted by molar-refractivity contribution is 5.75. The Morgan fingerprint density at radius 3 is 2.52 bits per heavy atom. The van der Waals surface area contributed by atoms with Crippen LogP contribution in [0.25, 0.3) is 11.4 Å². The maximum atomic E-state index is 11.2. The van der Waals surface area contributed by atoms with Crippen LogP contribution in [0, 0.1) is 6.92 Å². The van der Waals surface area contributed by atoms with Crippen molar-refractivity contribution in [2.75, 3.05) is 0 Å². The van der Waals surface area contributed by atoms with E-state index in [0.717, 1.165) is 23.1 Å². The van der Waals surface area contributed by atoms with Crippen molar-refractivity contribution >= 4 is 5.91 Å². The second-order valence-electron chi connectivity index (χ2n) is 6.01. The maximum Gasteiger partial charge on any atom is 0.225 e. The summed E-state index contributed by atoms with van der Waals surface area (Å²) in [7, 11) is 0. The molecule has 1 amide bonds. The Kier molecular flexibility index (Phi) is 4.88. The predicted octanol–water partition coefficient (Wildman–Crippen LogP) is 2.29. The van der Waals surface area contributed by atoms with Crippen LogP contribution < -0.4 is 5.73 Å². The van der Waals surface area contributed by atoms with Gasteiger partial charge in [-0.25, -0.2) is 9.67 Å². The third-order valence-electron chi connectivity index (χ3n) is 4.09. The minimum absolute atomic E-state index is 0.0219. The number of carbonyl (C=O) groups is 1. The number of carbonyl (C=O) groups excluding carboxylic acids is 1. The third kappa shape index (κ3) is 3.91. The van der Waals surface area contributed by atoms with Crippen molar-refractivity contribution < 1.29 is 4.79 Å². The Morgan fingerprint density at radius 2 is 1.88 bits per heavy atom. The van der Waals surface area contributed by atoms with Gasteiger partial charge in [-0.15, -0.1) is 0 Å². The molecular formula is C19H21N5O. The van der Waals surface area contributed by atoms with E-state index >= 15 is 0 Å². The molecule has 0 saturated heterocycles. The first-order chi connectivity index (χ1) is 12.1. The third-order valence-corrected chi connectivity index (χ3v) is 4.09. The van der Waals surface area contributed by atoms with Crippen molar-refractivity contribution in [3.63, 3.8) is 0 Å². The van der Waals surface area contributed by atoms with Gasteiger partial charge in [0.15, 0.2) is 11.6 Å². The maximum absolute atomic E-state index is 11.2. The van der Waals surface area contributed by atoms with Gasteiger partial charge >= 0.3 is 0 Å². The highest BCUT2D eigenvalue weighted by Gasteiger charge is 2.15. The minimum Gasteiger partial charge on any atom is -0.369 e. The summed E-state index contributed by atoms with van der Waals surface area (Å²) in [6, 6.07) is 10.3. The van der Waals surface area contributed by atoms with Crippen LogP contribution in [0.3, 0.4) is 0 Å². The first-order valence-corrected chi connectivity index (χ1v) is 8.27. The minimum atomic E-state index is -0.445. The zero-order valence-electron chi connectivity index (χ0n) is 14.4. The van der Waals surface area contributed by atoms with Gasteiger partial charge in [-0.2, -0.15) is 5.10 Å². The normalized spacial score (nSPS) is 10.8. The molecule has 2 heterocycles. The monoisotopic (exact) mass is 335 g/mol. The molecule has 0 atom stereocenters. The molecule has 6 nitrogen and oxygen atoms in total. The molecule has 0 unspecified atom stereocenters. The van der Waals surface area contributed by atoms with Crippen molar-refractivity contribution in [2.24, 2.45) is 5.73 Å². The van der Waals surface area contributed by atoms with E-state index in [1.165, 1.54) is 5.56 Å². The van der Waals surface area contributed by atoms with E-state index in [9.17, 15) is 4.79 Å². The average molecular weight is 335 g/mol. The first-order valence-electron chi connectivity index (χ1n) is 8.27. The molecule has 3 aromatic rings. The van der Waals surface area contributed by atoms with Crippen LogP contribution in [-0.4, -0.2) is 25.7 Å². The first kappa shape index (κ1) is 16.8. The molecule has 25 heavy (non-hydrogen) atoms. The molecule has 0 radical (unpaired) electrons. The van der Waals surface area contributed by atoms with Crippen molar-refractivity contribution in [2.45, 2.75) is 33.2 Å². The van der Waals surface area contributed by atoms with Crippen molar-refractivity contribution in [1.29, 1.82) is 0 Å². The highest BCUT2D eigenvalue weighted by Crippen LogP contribution is 2.21. The summed E-state index contributed by atoms with van der Waals surface area (Å²) in [5.74, 6) is 0.677. The zero-order valence-corrected chi connectivity index (χ0v) is 14.4. The number of primary amides is 1. The summed E-state index contributed by atoms with van der Waals surface area (Å²) in [4.78, 5) is 20.0. The molecule has 128 valence electrons. The lowest BCUT2D eigenvalue weighted by Gasteiger charge is -2.08. The van der Waals surface area contributed by atoms with Gasteiger partial charge in [0.05, 0.1) is 13.0 Å². The van der Waals surface area contributed by atoms with Crippen molar-refractivity contribution in [3.8, 4) is 11.4 Å². The van der Waals surface area contributed by atoms with Gasteiger partial charge in [0.2, 0.25) is 5.91 Å². The van der Waals surface area contributed by atoms with Crippen LogP contribution >= 0.6 is 0 Å². The quantitative estimate of drug-likeness (QED) is 0.749. The predicted molar refractivity (Wildman–Crippen MR) is 95.8 cm³/mol. The van der Waals surface area contributed by atoms with Crippen LogP contribution in [-0.2, 0) is 24.2 Å². The topological polar surface area (TPSA) is 86.7 Å². The average Bonchev–Trinajstić information content (AvgIpc) is 2.97. The molecule has 1 aromatic carbocycles. The Balaban J connectivity index is 1.99. The molecule has 2 N–H and O–H groups in total. The lowest BCUT2D eigenvalue weighted by atomic mass is 10.1. The molecule has 0 aliphatic heterocycles. The molecule has 3 rings (SSSR count). The van der Waals surface area contributed by atoms with E-state index < -0.39 is 5.91 Å². The van der Waals surface area contributed by atoms with E-state index in [0.29, 0.717) is 18.2 Å². The fraction of sp³-hybridized carbons (Fsp3) is 0.263. The second kappa shape index (κ2) is 7.25. The lowest BCUT2D eigenvalue weighted by molar-refractivity contribution is -0.117. The van der Waals surface area contributed by atoms with Crippen LogP contribution in [0.5, 0.6) is 0 Å². The highest BCUT2D eigenvalue weighted by atomic mass is 16.1. The van der Waals surface area contributed by atoms with Crippen molar-refractivity contribution in [3.05, 3.63) is 65.2 Å². The summed E-state index contributed by atoms with van der Waals surface area (Å²) in [5, 5.41) is 4.48. The molecule has 6 heteroatoms. The number of hydrogen-bond donors (Lipinski definition) is 1. The van der Waals surface area contributed by atoms with E-state index in [-0.39, 0.29) is 6.42 Å². The van der Waals surface area contributed by atoms with Crippen LogP contribution in [0.2, 0.25) is 0 Å². The van der Waals surface area contributed by atoms with Gasteiger partial charge in [0.1, 0.15) is 0 Å². The second-order valence-corrected chi connectivity index (χ2v) is 6.01. The number of nitrogens with zero attached hydrogens (tertiary/aromatic N) is 4. The standard InChI is InChI=1S/C19H21N5O/c1-3-14-4-6-15(7-5-14)12-24-19(16-11-21-9-8-13(16)2)22-18(23-24)10-17(20)25/h4-9,11H,3,10,12H2,1-2H3,(H2,20,25). The largest absolute Gasteiger partial charge is 0.369 e. The van der Waals surface area contributed by atoms with E-state index in [1.807, 2.05) is 17.7 Å². The number of rotatable bonds is 6. The Labute approximate surface area is 146 Å². The number of aromatic nitrogens is 4. The Morgan fingerprint density at radius 1 is 1.16 bits per heavy atom. The number of aryl methyl sites for hydroxylation is 2. The number of hydrogen-bond acceptors (Lipinski definition) is 4. The fourth-order valence-electron chi connectivity index (χ4n) is 2.68. The number of amides is 1. The van der Waals surface area contributed by atoms with Gasteiger partial charge in [0, 0.05) is 18.0 Å². The molecule has 0 spiro atoms. The summed E-state index contributed by atoms with van der Waals surface area (Å²) < 4.78 is 1.81. The number of benzene rings is 1. The van der Waals surface area contributed by atoms with Gasteiger partial charge in [0.25, 0.3) is 0 Å². The smallest absolute Gasteiger partial charge is 0.225 e. The molecule has 2 aromatic heterocycles. The van der Waals surface area contributed by atoms with Gasteiger partial charge in [-0.05, 0) is 36.1 Å². The molecule has 0 aliphatic rings. The van der Waals surface area contributed by atoms with Crippen LogP contribution in [0.4, 0.5) is 0 Å². The Hall–Kier alpha value is -3.02. The molecule has 0 bridgehead atoms. The Bertz CT molecular complexity index is 883. The van der Waals surface area contributed by atoms with E-state index in [1.54, 1.807) is 12.4 Å². The summed E-state index contributed by atoms with van der Waals surface area (Å²) >= 11 is 0. The number of nitrogens with two attached hydrogens (primary N) is 1.